The maximum atomic E-state index is 9.01. The zero-order chi connectivity index (χ0) is 13.9. The van der Waals surface area contributed by atoms with E-state index in [1.165, 1.54) is 0 Å². The molecule has 0 fully saturated rings. The first-order valence-corrected chi connectivity index (χ1v) is 6.43. The molecule has 0 aliphatic heterocycles. The van der Waals surface area contributed by atoms with Crippen LogP contribution in [0.2, 0.25) is 0 Å². The molecule has 0 aliphatic rings. The summed E-state index contributed by atoms with van der Waals surface area (Å²) in [7, 11) is 0. The van der Waals surface area contributed by atoms with Gasteiger partial charge in [-0.3, -0.25) is 0 Å². The maximum absolute atomic E-state index is 9.01. The Labute approximate surface area is 117 Å². The number of para-hydroxylation sites is 2. The summed E-state index contributed by atoms with van der Waals surface area (Å²) in [6.45, 7) is 0.310. The summed E-state index contributed by atoms with van der Waals surface area (Å²) in [5.74, 6) is 0.900. The maximum Gasteiger partial charge on any atom is 0.115 e. The molecule has 0 amide bonds. The lowest BCUT2D eigenvalue weighted by atomic mass is 10.1. The number of hydrogen-bond acceptors (Lipinski definition) is 3. The van der Waals surface area contributed by atoms with Crippen LogP contribution in [0.25, 0.3) is 11.0 Å². The number of nitriles is 1. The van der Waals surface area contributed by atoms with E-state index in [1.54, 1.807) is 0 Å². The number of imidazole rings is 1. The van der Waals surface area contributed by atoms with Gasteiger partial charge in [-0.05, 0) is 29.8 Å². The Morgan fingerprint density at radius 1 is 1.10 bits per heavy atom. The van der Waals surface area contributed by atoms with Crippen molar-refractivity contribution >= 4 is 16.7 Å². The van der Waals surface area contributed by atoms with Gasteiger partial charge >= 0.3 is 0 Å². The minimum Gasteiger partial charge on any atom is -0.399 e. The summed E-state index contributed by atoms with van der Waals surface area (Å²) in [5.41, 5.74) is 9.50. The first-order valence-electron chi connectivity index (χ1n) is 6.43. The number of hydrogen-bond donors (Lipinski definition) is 1. The van der Waals surface area contributed by atoms with E-state index in [-0.39, 0.29) is 0 Å². The van der Waals surface area contributed by atoms with Crippen LogP contribution in [0.4, 0.5) is 5.69 Å². The van der Waals surface area contributed by atoms with Crippen LogP contribution < -0.4 is 5.73 Å². The lowest BCUT2D eigenvalue weighted by Crippen LogP contribution is -2.03. The van der Waals surface area contributed by atoms with Gasteiger partial charge in [-0.2, -0.15) is 5.26 Å². The Hall–Kier alpha value is -2.80. The third-order valence-corrected chi connectivity index (χ3v) is 3.30. The van der Waals surface area contributed by atoms with Crippen molar-refractivity contribution in [1.82, 2.24) is 9.55 Å². The van der Waals surface area contributed by atoms with E-state index in [0.717, 1.165) is 28.1 Å². The molecule has 0 spiro atoms. The third-order valence-electron chi connectivity index (χ3n) is 3.30. The fourth-order valence-corrected chi connectivity index (χ4v) is 2.33. The van der Waals surface area contributed by atoms with Gasteiger partial charge in [0, 0.05) is 12.1 Å². The number of rotatable bonds is 3. The highest BCUT2D eigenvalue weighted by Gasteiger charge is 2.10. The van der Waals surface area contributed by atoms with Crippen LogP contribution in [0.5, 0.6) is 0 Å². The molecule has 3 rings (SSSR count). The normalized spacial score (nSPS) is 10.6. The molecule has 1 heterocycles. The van der Waals surface area contributed by atoms with Gasteiger partial charge in [0.1, 0.15) is 12.4 Å². The van der Waals surface area contributed by atoms with Crippen molar-refractivity contribution in [1.29, 1.82) is 5.26 Å². The van der Waals surface area contributed by atoms with Crippen molar-refractivity contribution in [3.63, 3.8) is 0 Å². The van der Waals surface area contributed by atoms with Gasteiger partial charge in [0.15, 0.2) is 0 Å². The Morgan fingerprint density at radius 3 is 2.60 bits per heavy atom. The van der Waals surface area contributed by atoms with Crippen molar-refractivity contribution < 1.29 is 0 Å². The zero-order valence-electron chi connectivity index (χ0n) is 11.0. The predicted octanol–water partition coefficient (Wildman–Crippen LogP) is 2.73. The molecule has 0 radical (unpaired) electrons. The van der Waals surface area contributed by atoms with Gasteiger partial charge in [-0.15, -0.1) is 0 Å². The Balaban J connectivity index is 2.04. The Kier molecular flexibility index (Phi) is 3.10. The predicted molar refractivity (Wildman–Crippen MR) is 79.0 cm³/mol. The van der Waals surface area contributed by atoms with Gasteiger partial charge < -0.3 is 10.3 Å². The number of nitrogens with two attached hydrogens (primary N) is 1. The average molecular weight is 262 g/mol. The molecule has 3 aromatic rings. The third kappa shape index (κ3) is 2.21. The standard InChI is InChI=1S/C16H14N4/c17-9-10-20-15-4-2-1-3-14(15)19-16(20)11-12-5-7-13(18)8-6-12/h1-8H,10-11,18H2. The summed E-state index contributed by atoms with van der Waals surface area (Å²) in [6, 6.07) is 17.8. The van der Waals surface area contributed by atoms with Crippen LogP contribution in [-0.4, -0.2) is 9.55 Å². The number of nitrogens with zero attached hydrogens (tertiary/aromatic N) is 3. The van der Waals surface area contributed by atoms with E-state index < -0.39 is 0 Å². The molecular formula is C16H14N4. The highest BCUT2D eigenvalue weighted by molar-refractivity contribution is 5.76. The van der Waals surface area contributed by atoms with Crippen molar-refractivity contribution in [3.8, 4) is 6.07 Å². The van der Waals surface area contributed by atoms with Gasteiger partial charge in [-0.25, -0.2) is 4.98 Å². The zero-order valence-corrected chi connectivity index (χ0v) is 11.0. The van der Waals surface area contributed by atoms with Crippen LogP contribution in [0, 0.1) is 11.3 Å². The first kappa shape index (κ1) is 12.2. The second kappa shape index (κ2) is 5.06. The number of nitrogen functional groups attached to an aromatic ring is 1. The van der Waals surface area contributed by atoms with E-state index in [2.05, 4.69) is 11.1 Å². The highest BCUT2D eigenvalue weighted by Crippen LogP contribution is 2.18. The minimum atomic E-state index is 0.310. The summed E-state index contributed by atoms with van der Waals surface area (Å²) >= 11 is 0. The van der Waals surface area contributed by atoms with Crippen LogP contribution in [0.1, 0.15) is 11.4 Å². The van der Waals surface area contributed by atoms with Crippen molar-refractivity contribution in [2.24, 2.45) is 0 Å². The number of anilines is 1. The minimum absolute atomic E-state index is 0.310. The lowest BCUT2D eigenvalue weighted by Gasteiger charge is -2.05. The number of benzene rings is 2. The quantitative estimate of drug-likeness (QED) is 0.738. The SMILES string of the molecule is N#CCn1c(Cc2ccc(N)cc2)nc2ccccc21. The van der Waals surface area contributed by atoms with Gasteiger partial charge in [-0.1, -0.05) is 24.3 Å². The molecule has 1 aromatic heterocycles. The second-order valence-corrected chi connectivity index (χ2v) is 4.68. The molecule has 0 unspecified atom stereocenters. The summed E-state index contributed by atoms with van der Waals surface area (Å²) in [4.78, 5) is 4.63. The second-order valence-electron chi connectivity index (χ2n) is 4.68. The molecule has 2 N–H and O–H groups in total. The smallest absolute Gasteiger partial charge is 0.115 e. The average Bonchev–Trinajstić information content (AvgIpc) is 2.80. The van der Waals surface area contributed by atoms with Crippen LogP contribution in [0.15, 0.2) is 48.5 Å². The molecule has 4 nitrogen and oxygen atoms in total. The Morgan fingerprint density at radius 2 is 1.85 bits per heavy atom. The molecule has 2 aromatic carbocycles. The molecule has 98 valence electrons. The van der Waals surface area contributed by atoms with E-state index >= 15 is 0 Å². The Bertz CT molecular complexity index is 778. The van der Waals surface area contributed by atoms with Crippen molar-refractivity contribution in [2.45, 2.75) is 13.0 Å². The van der Waals surface area contributed by atoms with E-state index in [0.29, 0.717) is 13.0 Å². The molecule has 4 heteroatoms. The van der Waals surface area contributed by atoms with Crippen molar-refractivity contribution in [2.75, 3.05) is 5.73 Å². The van der Waals surface area contributed by atoms with Crippen LogP contribution in [0.3, 0.4) is 0 Å². The molecular weight excluding hydrogens is 248 g/mol. The van der Waals surface area contributed by atoms with E-state index in [4.69, 9.17) is 11.0 Å². The van der Waals surface area contributed by atoms with E-state index in [1.807, 2.05) is 53.1 Å². The fourth-order valence-electron chi connectivity index (χ4n) is 2.33. The fraction of sp³-hybridized carbons (Fsp3) is 0.125. The molecule has 0 saturated carbocycles. The summed E-state index contributed by atoms with van der Waals surface area (Å²) in [6.07, 6.45) is 0.691. The molecule has 0 atom stereocenters. The van der Waals surface area contributed by atoms with E-state index in [9.17, 15) is 0 Å². The van der Waals surface area contributed by atoms with Gasteiger partial charge in [0.05, 0.1) is 17.1 Å². The number of aromatic nitrogens is 2. The monoisotopic (exact) mass is 262 g/mol. The van der Waals surface area contributed by atoms with Crippen molar-refractivity contribution in [3.05, 3.63) is 59.9 Å². The summed E-state index contributed by atoms with van der Waals surface area (Å²) < 4.78 is 1.96. The molecule has 0 bridgehead atoms. The van der Waals surface area contributed by atoms with Crippen LogP contribution >= 0.6 is 0 Å². The highest BCUT2D eigenvalue weighted by atomic mass is 15.1. The van der Waals surface area contributed by atoms with Crippen LogP contribution in [-0.2, 0) is 13.0 Å². The number of fused-ring (bicyclic) bond motifs is 1. The summed E-state index contributed by atoms with van der Waals surface area (Å²) in [5, 5.41) is 9.01. The topological polar surface area (TPSA) is 67.6 Å². The molecule has 20 heavy (non-hydrogen) atoms. The first-order chi connectivity index (χ1) is 9.78. The van der Waals surface area contributed by atoms with Gasteiger partial charge in [0.25, 0.3) is 0 Å². The largest absolute Gasteiger partial charge is 0.399 e. The molecule has 0 saturated heterocycles. The molecule has 0 aliphatic carbocycles. The lowest BCUT2D eigenvalue weighted by molar-refractivity contribution is 0.787. The van der Waals surface area contributed by atoms with Gasteiger partial charge in [0.2, 0.25) is 0 Å².